The van der Waals surface area contributed by atoms with Gasteiger partial charge in [-0.3, -0.25) is 4.79 Å². The van der Waals surface area contributed by atoms with Crippen molar-refractivity contribution in [3.63, 3.8) is 0 Å². The van der Waals surface area contributed by atoms with E-state index in [1.807, 2.05) is 6.92 Å². The van der Waals surface area contributed by atoms with Crippen molar-refractivity contribution < 1.29 is 13.6 Å². The molecule has 0 saturated carbocycles. The lowest BCUT2D eigenvalue weighted by atomic mass is 10.1. The molecule has 2 unspecified atom stereocenters. The molecule has 2 nitrogen and oxygen atoms in total. The van der Waals surface area contributed by atoms with Crippen LogP contribution in [-0.2, 0) is 4.79 Å². The maximum absolute atomic E-state index is 13.4. The van der Waals surface area contributed by atoms with E-state index >= 15 is 0 Å². The Morgan fingerprint density at radius 3 is 2.41 bits per heavy atom. The van der Waals surface area contributed by atoms with Crippen molar-refractivity contribution in [1.82, 2.24) is 5.32 Å². The monoisotopic (exact) mass is 305 g/mol. The van der Waals surface area contributed by atoms with Crippen LogP contribution in [0.2, 0.25) is 0 Å². The normalized spacial score (nSPS) is 14.2. The molecule has 1 amide bonds. The van der Waals surface area contributed by atoms with Crippen LogP contribution in [0.25, 0.3) is 0 Å². The Hall–Kier alpha value is -0.970. The highest BCUT2D eigenvalue weighted by Crippen LogP contribution is 2.20. The van der Waals surface area contributed by atoms with Gasteiger partial charge in [-0.2, -0.15) is 0 Å². The maximum atomic E-state index is 13.4. The second kappa shape index (κ2) is 6.10. The fourth-order valence-electron chi connectivity index (χ4n) is 1.49. The molecule has 5 heteroatoms. The topological polar surface area (TPSA) is 29.1 Å². The number of amides is 1. The fraction of sp³-hybridized carbons (Fsp3) is 0.417. The van der Waals surface area contributed by atoms with Gasteiger partial charge >= 0.3 is 0 Å². The Labute approximate surface area is 108 Å². The van der Waals surface area contributed by atoms with Gasteiger partial charge in [-0.25, -0.2) is 8.78 Å². The van der Waals surface area contributed by atoms with Gasteiger partial charge in [-0.1, -0.05) is 28.9 Å². The van der Waals surface area contributed by atoms with Gasteiger partial charge in [-0.05, 0) is 25.5 Å². The first-order valence-electron chi connectivity index (χ1n) is 5.35. The number of alkyl halides is 1. The second-order valence-corrected chi connectivity index (χ2v) is 4.85. The molecule has 0 aliphatic carbocycles. The summed E-state index contributed by atoms with van der Waals surface area (Å²) in [5.41, 5.74) is -0.114. The standard InChI is InChI=1S/C12H14BrF2NO/c1-3-8(13)12(17)16-7(2)11-9(14)5-4-6-10(11)15/h4-8H,3H2,1-2H3,(H,16,17). The first-order valence-corrected chi connectivity index (χ1v) is 6.27. The predicted octanol–water partition coefficient (Wildman–Crippen LogP) is 3.32. The Balaban J connectivity index is 2.83. The minimum atomic E-state index is -0.699. The van der Waals surface area contributed by atoms with Gasteiger partial charge in [0, 0.05) is 5.56 Å². The van der Waals surface area contributed by atoms with E-state index in [1.54, 1.807) is 6.92 Å². The van der Waals surface area contributed by atoms with E-state index in [0.29, 0.717) is 6.42 Å². The Morgan fingerprint density at radius 2 is 1.94 bits per heavy atom. The van der Waals surface area contributed by atoms with Gasteiger partial charge in [0.15, 0.2) is 0 Å². The molecule has 0 bridgehead atoms. The lowest BCUT2D eigenvalue weighted by Crippen LogP contribution is -2.33. The highest BCUT2D eigenvalue weighted by molar-refractivity contribution is 9.10. The summed E-state index contributed by atoms with van der Waals surface area (Å²) >= 11 is 3.18. The first-order chi connectivity index (χ1) is 7.97. The largest absolute Gasteiger partial charge is 0.348 e. The van der Waals surface area contributed by atoms with Crippen LogP contribution in [0, 0.1) is 11.6 Å². The van der Waals surface area contributed by atoms with E-state index in [-0.39, 0.29) is 16.3 Å². The molecule has 0 radical (unpaired) electrons. The summed E-state index contributed by atoms with van der Waals surface area (Å²) in [5, 5.41) is 2.56. The second-order valence-electron chi connectivity index (χ2n) is 3.74. The third-order valence-electron chi connectivity index (χ3n) is 2.43. The molecular formula is C12H14BrF2NO. The lowest BCUT2D eigenvalue weighted by Gasteiger charge is -2.17. The number of hydrogen-bond donors (Lipinski definition) is 1. The van der Waals surface area contributed by atoms with E-state index in [9.17, 15) is 13.6 Å². The third-order valence-corrected chi connectivity index (χ3v) is 3.50. The van der Waals surface area contributed by atoms with Gasteiger partial charge in [0.1, 0.15) is 11.6 Å². The van der Waals surface area contributed by atoms with E-state index in [0.717, 1.165) is 0 Å². The average molecular weight is 306 g/mol. The molecular weight excluding hydrogens is 292 g/mol. The average Bonchev–Trinajstić information content (AvgIpc) is 2.27. The number of benzene rings is 1. The molecule has 1 aromatic rings. The summed E-state index contributed by atoms with van der Waals surface area (Å²) in [6, 6.07) is 2.94. The van der Waals surface area contributed by atoms with Crippen molar-refractivity contribution in [3.8, 4) is 0 Å². The van der Waals surface area contributed by atoms with Gasteiger partial charge < -0.3 is 5.32 Å². The van der Waals surface area contributed by atoms with Crippen LogP contribution in [0.15, 0.2) is 18.2 Å². The minimum Gasteiger partial charge on any atom is -0.348 e. The molecule has 2 atom stereocenters. The zero-order valence-electron chi connectivity index (χ0n) is 9.64. The van der Waals surface area contributed by atoms with Gasteiger partial charge in [0.25, 0.3) is 0 Å². The first kappa shape index (κ1) is 14.1. The number of nitrogens with one attached hydrogen (secondary N) is 1. The maximum Gasteiger partial charge on any atom is 0.234 e. The van der Waals surface area contributed by atoms with Crippen molar-refractivity contribution in [1.29, 1.82) is 0 Å². The SMILES string of the molecule is CCC(Br)C(=O)NC(C)c1c(F)cccc1F. The van der Waals surface area contributed by atoms with Crippen LogP contribution in [0.1, 0.15) is 31.9 Å². The molecule has 1 N–H and O–H groups in total. The summed E-state index contributed by atoms with van der Waals surface area (Å²) in [5.74, 6) is -1.58. The molecule has 1 rings (SSSR count). The molecule has 0 aromatic heterocycles. The Morgan fingerprint density at radius 1 is 1.41 bits per heavy atom. The van der Waals surface area contributed by atoms with Crippen LogP contribution in [0.4, 0.5) is 8.78 Å². The Kier molecular flexibility index (Phi) is 5.05. The van der Waals surface area contributed by atoms with Crippen LogP contribution < -0.4 is 5.32 Å². The summed E-state index contributed by atoms with van der Waals surface area (Å²) in [4.78, 5) is 11.2. The summed E-state index contributed by atoms with van der Waals surface area (Å²) in [6.45, 7) is 3.39. The van der Waals surface area contributed by atoms with Crippen LogP contribution in [0.3, 0.4) is 0 Å². The molecule has 0 spiro atoms. The van der Waals surface area contributed by atoms with Crippen molar-refractivity contribution in [2.24, 2.45) is 0 Å². The molecule has 0 aliphatic rings. The summed E-state index contributed by atoms with van der Waals surface area (Å²) in [6.07, 6.45) is 0.609. The van der Waals surface area contributed by atoms with Crippen LogP contribution in [0.5, 0.6) is 0 Å². The number of carbonyl (C=O) groups excluding carboxylic acids is 1. The third kappa shape index (κ3) is 3.49. The zero-order chi connectivity index (χ0) is 13.0. The van der Waals surface area contributed by atoms with Gasteiger partial charge in [0.05, 0.1) is 10.9 Å². The number of rotatable bonds is 4. The minimum absolute atomic E-state index is 0.114. The highest BCUT2D eigenvalue weighted by Gasteiger charge is 2.20. The molecule has 0 saturated heterocycles. The van der Waals surface area contributed by atoms with Gasteiger partial charge in [-0.15, -0.1) is 0 Å². The molecule has 0 fully saturated rings. The van der Waals surface area contributed by atoms with Crippen molar-refractivity contribution in [3.05, 3.63) is 35.4 Å². The van der Waals surface area contributed by atoms with Crippen LogP contribution >= 0.6 is 15.9 Å². The molecule has 0 aliphatic heterocycles. The number of carbonyl (C=O) groups is 1. The highest BCUT2D eigenvalue weighted by atomic mass is 79.9. The quantitative estimate of drug-likeness (QED) is 0.850. The number of halogens is 3. The lowest BCUT2D eigenvalue weighted by molar-refractivity contribution is -0.121. The molecule has 1 aromatic carbocycles. The molecule has 94 valence electrons. The summed E-state index contributed by atoms with van der Waals surface area (Å²) in [7, 11) is 0. The fourth-order valence-corrected chi connectivity index (χ4v) is 1.62. The predicted molar refractivity (Wildman–Crippen MR) is 65.9 cm³/mol. The van der Waals surface area contributed by atoms with E-state index < -0.39 is 17.7 Å². The van der Waals surface area contributed by atoms with E-state index in [4.69, 9.17) is 0 Å². The van der Waals surface area contributed by atoms with E-state index in [2.05, 4.69) is 21.2 Å². The number of hydrogen-bond acceptors (Lipinski definition) is 1. The molecule has 17 heavy (non-hydrogen) atoms. The van der Waals surface area contributed by atoms with Crippen molar-refractivity contribution >= 4 is 21.8 Å². The van der Waals surface area contributed by atoms with E-state index in [1.165, 1.54) is 18.2 Å². The smallest absolute Gasteiger partial charge is 0.234 e. The summed E-state index contributed by atoms with van der Waals surface area (Å²) < 4.78 is 26.9. The Bertz CT molecular complexity index is 391. The van der Waals surface area contributed by atoms with Gasteiger partial charge in [0.2, 0.25) is 5.91 Å². The van der Waals surface area contributed by atoms with Crippen LogP contribution in [-0.4, -0.2) is 10.7 Å². The van der Waals surface area contributed by atoms with Crippen molar-refractivity contribution in [2.45, 2.75) is 31.1 Å². The zero-order valence-corrected chi connectivity index (χ0v) is 11.2. The van der Waals surface area contributed by atoms with Crippen molar-refractivity contribution in [2.75, 3.05) is 0 Å². The molecule has 0 heterocycles.